The average Bonchev–Trinajstić information content (AvgIpc) is 3.20. The standard InChI is InChI=1S/C19H16F6N2O2S/c20-18(21,22)12-8-13(19(23,24)25)10-14(9-12)26-16(28)11-3-5-27(6-4-11)17(29)15-2-1-7-30-15/h1-2,7-11H,3-6H2,(H,26,28). The number of nitrogens with zero attached hydrogens (tertiary/aromatic N) is 1. The fourth-order valence-corrected chi connectivity index (χ4v) is 3.86. The molecule has 162 valence electrons. The number of likely N-dealkylation sites (tertiary alicyclic amines) is 1. The van der Waals surface area contributed by atoms with Gasteiger partial charge in [0.05, 0.1) is 16.0 Å². The first-order chi connectivity index (χ1) is 13.9. The van der Waals surface area contributed by atoms with Crippen LogP contribution in [0.2, 0.25) is 0 Å². The van der Waals surface area contributed by atoms with Gasteiger partial charge in [-0.25, -0.2) is 0 Å². The molecule has 0 unspecified atom stereocenters. The zero-order valence-corrected chi connectivity index (χ0v) is 16.1. The number of piperidine rings is 1. The van der Waals surface area contributed by atoms with Crippen LogP contribution >= 0.6 is 11.3 Å². The molecule has 1 N–H and O–H groups in total. The first-order valence-corrected chi connectivity index (χ1v) is 9.76. The summed E-state index contributed by atoms with van der Waals surface area (Å²) in [7, 11) is 0. The maximum Gasteiger partial charge on any atom is 0.416 e. The zero-order chi connectivity index (χ0) is 22.1. The third kappa shape index (κ3) is 5.13. The maximum absolute atomic E-state index is 12.9. The number of halogens is 6. The number of rotatable bonds is 3. The summed E-state index contributed by atoms with van der Waals surface area (Å²) in [5.74, 6) is -1.47. The molecular formula is C19H16F6N2O2S. The number of thiophene rings is 1. The van der Waals surface area contributed by atoms with Gasteiger partial charge >= 0.3 is 12.4 Å². The number of hydrogen-bond acceptors (Lipinski definition) is 3. The van der Waals surface area contributed by atoms with Gasteiger partial charge in [0.1, 0.15) is 0 Å². The Labute approximate surface area is 171 Å². The van der Waals surface area contributed by atoms with E-state index in [9.17, 15) is 35.9 Å². The van der Waals surface area contributed by atoms with Crippen LogP contribution in [-0.2, 0) is 17.1 Å². The fourth-order valence-electron chi connectivity index (χ4n) is 3.17. The minimum atomic E-state index is -4.99. The van der Waals surface area contributed by atoms with Crippen LogP contribution in [0.4, 0.5) is 32.0 Å². The lowest BCUT2D eigenvalue weighted by Crippen LogP contribution is -2.41. The highest BCUT2D eigenvalue weighted by molar-refractivity contribution is 7.12. The Hall–Kier alpha value is -2.56. The number of nitrogens with one attached hydrogen (secondary N) is 1. The summed E-state index contributed by atoms with van der Waals surface area (Å²) in [4.78, 5) is 26.9. The van der Waals surface area contributed by atoms with Crippen molar-refractivity contribution in [3.05, 3.63) is 51.7 Å². The number of alkyl halides is 6. The largest absolute Gasteiger partial charge is 0.416 e. The molecule has 2 amide bonds. The number of carbonyl (C=O) groups excluding carboxylic acids is 2. The Bertz CT molecular complexity index is 884. The lowest BCUT2D eigenvalue weighted by molar-refractivity contribution is -0.143. The molecule has 1 saturated heterocycles. The van der Waals surface area contributed by atoms with Gasteiger partial charge < -0.3 is 10.2 Å². The molecule has 0 spiro atoms. The Morgan fingerprint density at radius 2 is 1.53 bits per heavy atom. The highest BCUT2D eigenvalue weighted by Gasteiger charge is 2.37. The summed E-state index contributed by atoms with van der Waals surface area (Å²) in [6, 6.07) is 4.37. The molecule has 11 heteroatoms. The number of carbonyl (C=O) groups is 2. The fraction of sp³-hybridized carbons (Fsp3) is 0.368. The van der Waals surface area contributed by atoms with Crippen molar-refractivity contribution in [3.63, 3.8) is 0 Å². The summed E-state index contributed by atoms with van der Waals surface area (Å²) < 4.78 is 77.7. The first-order valence-electron chi connectivity index (χ1n) is 8.88. The topological polar surface area (TPSA) is 49.4 Å². The summed E-state index contributed by atoms with van der Waals surface area (Å²) in [5.41, 5.74) is -3.56. The number of amides is 2. The van der Waals surface area contributed by atoms with Gasteiger partial charge in [0.25, 0.3) is 5.91 Å². The Morgan fingerprint density at radius 3 is 2.00 bits per heavy atom. The first kappa shape index (κ1) is 22.1. The maximum atomic E-state index is 12.9. The molecule has 0 radical (unpaired) electrons. The SMILES string of the molecule is O=C(Nc1cc(C(F)(F)F)cc(C(F)(F)F)c1)C1CCN(C(=O)c2cccs2)CC1. The van der Waals surface area contributed by atoms with Gasteiger partial charge in [0, 0.05) is 24.7 Å². The monoisotopic (exact) mass is 450 g/mol. The number of hydrogen-bond donors (Lipinski definition) is 1. The molecule has 0 bridgehead atoms. The van der Waals surface area contributed by atoms with Gasteiger partial charge in [-0.2, -0.15) is 26.3 Å². The van der Waals surface area contributed by atoms with Gasteiger partial charge in [-0.05, 0) is 42.5 Å². The third-order valence-corrected chi connectivity index (χ3v) is 5.60. The lowest BCUT2D eigenvalue weighted by atomic mass is 9.95. The van der Waals surface area contributed by atoms with Gasteiger partial charge in [-0.1, -0.05) is 6.07 Å². The van der Waals surface area contributed by atoms with Gasteiger partial charge in [0.15, 0.2) is 0 Å². The molecule has 1 aromatic carbocycles. The second-order valence-electron chi connectivity index (χ2n) is 6.83. The van der Waals surface area contributed by atoms with E-state index in [1.165, 1.54) is 11.3 Å². The van der Waals surface area contributed by atoms with Crippen molar-refractivity contribution < 1.29 is 35.9 Å². The lowest BCUT2D eigenvalue weighted by Gasteiger charge is -2.31. The number of anilines is 1. The van der Waals surface area contributed by atoms with E-state index in [0.29, 0.717) is 17.0 Å². The molecule has 0 saturated carbocycles. The molecule has 0 atom stereocenters. The highest BCUT2D eigenvalue weighted by atomic mass is 32.1. The van der Waals surface area contributed by atoms with E-state index in [1.807, 2.05) is 0 Å². The van der Waals surface area contributed by atoms with Crippen molar-refractivity contribution >= 4 is 28.8 Å². The molecule has 30 heavy (non-hydrogen) atoms. The van der Waals surface area contributed by atoms with Crippen molar-refractivity contribution in [1.29, 1.82) is 0 Å². The van der Waals surface area contributed by atoms with Crippen LogP contribution in [0.1, 0.15) is 33.6 Å². The van der Waals surface area contributed by atoms with E-state index in [0.717, 1.165) is 0 Å². The Kier molecular flexibility index (Phi) is 6.11. The number of benzene rings is 1. The normalized spacial score (nSPS) is 15.9. The quantitative estimate of drug-likeness (QED) is 0.648. The average molecular weight is 450 g/mol. The summed E-state index contributed by atoms with van der Waals surface area (Å²) in [6.45, 7) is 0.538. The van der Waals surface area contributed by atoms with Crippen molar-refractivity contribution in [3.8, 4) is 0 Å². The molecule has 1 aliphatic rings. The minimum absolute atomic E-state index is 0.00429. The highest BCUT2D eigenvalue weighted by Crippen LogP contribution is 2.37. The van der Waals surface area contributed by atoms with Crippen molar-refractivity contribution in [2.75, 3.05) is 18.4 Å². The summed E-state index contributed by atoms with van der Waals surface area (Å²) in [5, 5.41) is 3.93. The van der Waals surface area contributed by atoms with Crippen LogP contribution in [0.3, 0.4) is 0 Å². The molecule has 2 aromatic rings. The molecule has 1 fully saturated rings. The molecule has 1 aliphatic heterocycles. The predicted molar refractivity (Wildman–Crippen MR) is 98.0 cm³/mol. The van der Waals surface area contributed by atoms with Gasteiger partial charge in [-0.3, -0.25) is 9.59 Å². The third-order valence-electron chi connectivity index (χ3n) is 4.74. The van der Waals surface area contributed by atoms with Crippen LogP contribution < -0.4 is 5.32 Å². The molecule has 3 rings (SSSR count). The van der Waals surface area contributed by atoms with Crippen LogP contribution in [-0.4, -0.2) is 29.8 Å². The molecule has 4 nitrogen and oxygen atoms in total. The van der Waals surface area contributed by atoms with Crippen LogP contribution in [0.5, 0.6) is 0 Å². The second kappa shape index (κ2) is 8.29. The molecule has 0 aliphatic carbocycles. The van der Waals surface area contributed by atoms with Crippen molar-refractivity contribution in [2.45, 2.75) is 25.2 Å². The Balaban J connectivity index is 1.68. The van der Waals surface area contributed by atoms with Crippen molar-refractivity contribution in [2.24, 2.45) is 5.92 Å². The predicted octanol–water partition coefficient (Wildman–Crippen LogP) is 5.28. The van der Waals surface area contributed by atoms with E-state index >= 15 is 0 Å². The van der Waals surface area contributed by atoms with E-state index in [-0.39, 0.29) is 37.9 Å². The zero-order valence-electron chi connectivity index (χ0n) is 15.3. The van der Waals surface area contributed by atoms with E-state index in [4.69, 9.17) is 0 Å². The summed E-state index contributed by atoms with van der Waals surface area (Å²) >= 11 is 1.29. The van der Waals surface area contributed by atoms with Crippen LogP contribution in [0.15, 0.2) is 35.7 Å². The summed E-state index contributed by atoms with van der Waals surface area (Å²) in [6.07, 6.45) is -9.47. The molecule has 2 heterocycles. The second-order valence-corrected chi connectivity index (χ2v) is 7.78. The Morgan fingerprint density at radius 1 is 0.967 bits per heavy atom. The van der Waals surface area contributed by atoms with Crippen LogP contribution in [0, 0.1) is 5.92 Å². The van der Waals surface area contributed by atoms with Gasteiger partial charge in [0.2, 0.25) is 5.91 Å². The minimum Gasteiger partial charge on any atom is -0.338 e. The van der Waals surface area contributed by atoms with Crippen molar-refractivity contribution in [1.82, 2.24) is 4.90 Å². The smallest absolute Gasteiger partial charge is 0.338 e. The van der Waals surface area contributed by atoms with Gasteiger partial charge in [-0.15, -0.1) is 11.3 Å². The molecular weight excluding hydrogens is 434 g/mol. The van der Waals surface area contributed by atoms with Crippen LogP contribution in [0.25, 0.3) is 0 Å². The van der Waals surface area contributed by atoms with E-state index in [2.05, 4.69) is 5.32 Å². The van der Waals surface area contributed by atoms with E-state index in [1.54, 1.807) is 22.4 Å². The molecule has 1 aromatic heterocycles. The van der Waals surface area contributed by atoms with E-state index < -0.39 is 41.0 Å².